The highest BCUT2D eigenvalue weighted by Gasteiger charge is 2.25. The first-order chi connectivity index (χ1) is 15.5. The van der Waals surface area contributed by atoms with Crippen LogP contribution in [-0.4, -0.2) is 82.3 Å². The van der Waals surface area contributed by atoms with Crippen LogP contribution in [0.3, 0.4) is 0 Å². The largest absolute Gasteiger partial charge is 0.497 e. The van der Waals surface area contributed by atoms with Crippen molar-refractivity contribution in [3.63, 3.8) is 0 Å². The van der Waals surface area contributed by atoms with E-state index in [9.17, 15) is 0 Å². The zero-order valence-corrected chi connectivity index (χ0v) is 20.7. The number of benzene rings is 1. The molecule has 2 heterocycles. The molecule has 2 N–H and O–H groups in total. The van der Waals surface area contributed by atoms with Gasteiger partial charge in [0.25, 0.3) is 0 Å². The van der Waals surface area contributed by atoms with Gasteiger partial charge in [-0.05, 0) is 55.3 Å². The van der Waals surface area contributed by atoms with E-state index in [1.807, 2.05) is 13.1 Å². The number of guanidine groups is 1. The lowest BCUT2D eigenvalue weighted by atomic mass is 9.97. The van der Waals surface area contributed by atoms with Gasteiger partial charge in [0.1, 0.15) is 11.5 Å². The van der Waals surface area contributed by atoms with E-state index in [1.54, 1.807) is 14.2 Å². The Hall–Kier alpha value is -1.99. The standard InChI is InChI=1S/C25H43N5O2/c1-19(2)15-29-9-6-7-20(16-29)14-27-25(26-3)28-22-8-10-30(18-22)17-21-11-23(31-4)13-24(12-21)32-5/h11-13,19-20,22H,6-10,14-18H2,1-5H3,(H2,26,27,28). The van der Waals surface area contributed by atoms with Crippen LogP contribution < -0.4 is 20.1 Å². The smallest absolute Gasteiger partial charge is 0.191 e. The number of piperidine rings is 1. The summed E-state index contributed by atoms with van der Waals surface area (Å²) in [6.45, 7) is 12.2. The highest BCUT2D eigenvalue weighted by atomic mass is 16.5. The molecular formula is C25H43N5O2. The number of rotatable bonds is 9. The zero-order valence-electron chi connectivity index (χ0n) is 20.7. The summed E-state index contributed by atoms with van der Waals surface area (Å²) in [5, 5.41) is 7.24. The first-order valence-corrected chi connectivity index (χ1v) is 12.1. The predicted molar refractivity (Wildman–Crippen MR) is 132 cm³/mol. The summed E-state index contributed by atoms with van der Waals surface area (Å²) in [6, 6.07) is 6.52. The van der Waals surface area contributed by atoms with E-state index < -0.39 is 0 Å². The number of hydrogen-bond donors (Lipinski definition) is 2. The molecule has 1 aromatic carbocycles. The Morgan fingerprint density at radius 3 is 2.47 bits per heavy atom. The topological polar surface area (TPSA) is 61.4 Å². The maximum Gasteiger partial charge on any atom is 0.191 e. The average molecular weight is 446 g/mol. The van der Waals surface area contributed by atoms with Gasteiger partial charge >= 0.3 is 0 Å². The summed E-state index contributed by atoms with van der Waals surface area (Å²) in [7, 11) is 5.26. The van der Waals surface area contributed by atoms with Gasteiger partial charge in [-0.1, -0.05) is 13.8 Å². The van der Waals surface area contributed by atoms with Crippen molar-refractivity contribution >= 4 is 5.96 Å². The molecule has 0 saturated carbocycles. The van der Waals surface area contributed by atoms with Crippen molar-refractivity contribution in [1.82, 2.24) is 20.4 Å². The average Bonchev–Trinajstić information content (AvgIpc) is 3.22. The first-order valence-electron chi connectivity index (χ1n) is 12.1. The highest BCUT2D eigenvalue weighted by molar-refractivity contribution is 5.80. The van der Waals surface area contributed by atoms with Gasteiger partial charge in [0.2, 0.25) is 0 Å². The van der Waals surface area contributed by atoms with E-state index in [0.29, 0.717) is 12.0 Å². The summed E-state index contributed by atoms with van der Waals surface area (Å²) >= 11 is 0. The van der Waals surface area contributed by atoms with Gasteiger partial charge in [-0.15, -0.1) is 0 Å². The van der Waals surface area contributed by atoms with Gasteiger partial charge in [-0.3, -0.25) is 9.89 Å². The molecule has 7 nitrogen and oxygen atoms in total. The van der Waals surface area contributed by atoms with Crippen molar-refractivity contribution in [1.29, 1.82) is 0 Å². The van der Waals surface area contributed by atoms with Crippen LogP contribution in [0.1, 0.15) is 38.7 Å². The maximum atomic E-state index is 5.41. The lowest BCUT2D eigenvalue weighted by molar-refractivity contribution is 0.159. The van der Waals surface area contributed by atoms with Crippen LogP contribution in [0.15, 0.2) is 23.2 Å². The van der Waals surface area contributed by atoms with Gasteiger partial charge in [0.15, 0.2) is 5.96 Å². The number of likely N-dealkylation sites (tertiary alicyclic amines) is 2. The van der Waals surface area contributed by atoms with Gasteiger partial charge in [0.05, 0.1) is 14.2 Å². The van der Waals surface area contributed by atoms with Crippen molar-refractivity contribution < 1.29 is 9.47 Å². The number of nitrogens with zero attached hydrogens (tertiary/aromatic N) is 3. The summed E-state index contributed by atoms with van der Waals surface area (Å²) in [5.41, 5.74) is 1.22. The molecule has 0 bridgehead atoms. The molecule has 3 rings (SSSR count). The van der Waals surface area contributed by atoms with E-state index in [-0.39, 0.29) is 0 Å². The van der Waals surface area contributed by atoms with Crippen LogP contribution in [-0.2, 0) is 6.54 Å². The second kappa shape index (κ2) is 12.3. The van der Waals surface area contributed by atoms with Crippen LogP contribution in [0.4, 0.5) is 0 Å². The third-order valence-electron chi connectivity index (χ3n) is 6.44. The quantitative estimate of drug-likeness (QED) is 0.450. The number of methoxy groups -OCH3 is 2. The number of ether oxygens (including phenoxy) is 2. The normalized spacial score (nSPS) is 22.9. The fourth-order valence-corrected chi connectivity index (χ4v) is 4.94. The predicted octanol–water partition coefficient (Wildman–Crippen LogP) is 2.81. The fraction of sp³-hybridized carbons (Fsp3) is 0.720. The zero-order chi connectivity index (χ0) is 22.9. The summed E-state index contributed by atoms with van der Waals surface area (Å²) in [5.74, 6) is 4.05. The van der Waals surface area contributed by atoms with Gasteiger partial charge in [0, 0.05) is 58.4 Å². The van der Waals surface area contributed by atoms with E-state index in [1.165, 1.54) is 38.0 Å². The molecule has 0 aliphatic carbocycles. The lowest BCUT2D eigenvalue weighted by Gasteiger charge is -2.34. The molecule has 0 radical (unpaired) electrons. The molecule has 2 aliphatic heterocycles. The third kappa shape index (κ3) is 7.55. The first kappa shape index (κ1) is 24.6. The van der Waals surface area contributed by atoms with Gasteiger partial charge < -0.3 is 25.0 Å². The van der Waals surface area contributed by atoms with Crippen molar-refractivity contribution in [2.45, 2.75) is 45.7 Å². The van der Waals surface area contributed by atoms with Crippen molar-refractivity contribution in [2.24, 2.45) is 16.8 Å². The molecule has 2 aliphatic rings. The molecular weight excluding hydrogens is 402 g/mol. The Balaban J connectivity index is 1.44. The SMILES string of the molecule is CN=C(NCC1CCCN(CC(C)C)C1)NC1CCN(Cc2cc(OC)cc(OC)c2)C1. The number of nitrogens with one attached hydrogen (secondary N) is 2. The minimum absolute atomic E-state index is 0.414. The van der Waals surface area contributed by atoms with Crippen LogP contribution in [0, 0.1) is 11.8 Å². The lowest BCUT2D eigenvalue weighted by Crippen LogP contribution is -2.48. The summed E-state index contributed by atoms with van der Waals surface area (Å²) in [6.07, 6.45) is 3.73. The van der Waals surface area contributed by atoms with E-state index >= 15 is 0 Å². The number of aliphatic imine (C=N–C) groups is 1. The highest BCUT2D eigenvalue weighted by Crippen LogP contribution is 2.24. The van der Waals surface area contributed by atoms with Crippen LogP contribution in [0.2, 0.25) is 0 Å². The minimum Gasteiger partial charge on any atom is -0.497 e. The molecule has 2 unspecified atom stereocenters. The Labute approximate surface area is 194 Å². The van der Waals surface area contributed by atoms with E-state index in [2.05, 4.69) is 51.4 Å². The Morgan fingerprint density at radius 1 is 1.06 bits per heavy atom. The molecule has 0 aromatic heterocycles. The van der Waals surface area contributed by atoms with Crippen molar-refractivity contribution in [3.8, 4) is 11.5 Å². The molecule has 0 spiro atoms. The molecule has 180 valence electrons. The van der Waals surface area contributed by atoms with Crippen LogP contribution in [0.5, 0.6) is 11.5 Å². The monoisotopic (exact) mass is 445 g/mol. The molecule has 2 fully saturated rings. The van der Waals surface area contributed by atoms with Crippen LogP contribution >= 0.6 is 0 Å². The minimum atomic E-state index is 0.414. The van der Waals surface area contributed by atoms with Crippen molar-refractivity contribution in [3.05, 3.63) is 23.8 Å². The number of hydrogen-bond acceptors (Lipinski definition) is 5. The second-order valence-corrected chi connectivity index (χ2v) is 9.70. The second-order valence-electron chi connectivity index (χ2n) is 9.70. The maximum absolute atomic E-state index is 5.41. The van der Waals surface area contributed by atoms with E-state index in [4.69, 9.17) is 9.47 Å². The Bertz CT molecular complexity index is 717. The van der Waals surface area contributed by atoms with E-state index in [0.717, 1.165) is 56.0 Å². The summed E-state index contributed by atoms with van der Waals surface area (Å²) < 4.78 is 10.8. The molecule has 2 atom stereocenters. The molecule has 32 heavy (non-hydrogen) atoms. The molecule has 7 heteroatoms. The van der Waals surface area contributed by atoms with Crippen molar-refractivity contribution in [2.75, 3.05) is 60.5 Å². The molecule has 1 aromatic rings. The fourth-order valence-electron chi connectivity index (χ4n) is 4.94. The Morgan fingerprint density at radius 2 is 1.81 bits per heavy atom. The molecule has 0 amide bonds. The van der Waals surface area contributed by atoms with Crippen LogP contribution in [0.25, 0.3) is 0 Å². The summed E-state index contributed by atoms with van der Waals surface area (Å²) in [4.78, 5) is 9.59. The Kier molecular flexibility index (Phi) is 9.48. The molecule has 2 saturated heterocycles. The van der Waals surface area contributed by atoms with Gasteiger partial charge in [-0.25, -0.2) is 0 Å². The third-order valence-corrected chi connectivity index (χ3v) is 6.44. The van der Waals surface area contributed by atoms with Gasteiger partial charge in [-0.2, -0.15) is 0 Å².